The minimum atomic E-state index is -0.0195. The third kappa shape index (κ3) is 4.12. The van der Waals surface area contributed by atoms with Crippen LogP contribution in [0.15, 0.2) is 65.2 Å². The molecule has 1 aliphatic rings. The van der Waals surface area contributed by atoms with E-state index in [9.17, 15) is 4.79 Å². The molecule has 162 valence electrons. The Morgan fingerprint density at radius 1 is 1.00 bits per heavy atom. The highest BCUT2D eigenvalue weighted by molar-refractivity contribution is 5.88. The lowest BCUT2D eigenvalue weighted by Gasteiger charge is -2.36. The van der Waals surface area contributed by atoms with Crippen LogP contribution < -0.4 is 9.64 Å². The van der Waals surface area contributed by atoms with E-state index in [2.05, 4.69) is 15.0 Å². The van der Waals surface area contributed by atoms with Crippen molar-refractivity contribution in [1.29, 1.82) is 0 Å². The molecule has 1 fully saturated rings. The number of aromatic nitrogens is 3. The number of pyridine rings is 1. The third-order valence-electron chi connectivity index (χ3n) is 5.51. The summed E-state index contributed by atoms with van der Waals surface area (Å²) in [6.07, 6.45) is 0. The molecule has 0 saturated carbocycles. The molecule has 1 aliphatic heterocycles. The maximum Gasteiger partial charge on any atom is 0.260 e. The van der Waals surface area contributed by atoms with E-state index in [4.69, 9.17) is 14.2 Å². The molecule has 0 aliphatic carbocycles. The molecule has 8 nitrogen and oxygen atoms in total. The van der Waals surface area contributed by atoms with Crippen LogP contribution in [0.3, 0.4) is 0 Å². The fourth-order valence-electron chi connectivity index (χ4n) is 3.84. The molecule has 0 bridgehead atoms. The number of rotatable bonds is 5. The van der Waals surface area contributed by atoms with Crippen molar-refractivity contribution in [1.82, 2.24) is 20.0 Å². The van der Waals surface area contributed by atoms with Crippen molar-refractivity contribution in [2.45, 2.75) is 6.92 Å². The Labute approximate surface area is 185 Å². The van der Waals surface area contributed by atoms with Crippen molar-refractivity contribution >= 4 is 22.6 Å². The topological polar surface area (TPSA) is 84.6 Å². The molecule has 2 aromatic carbocycles. The minimum Gasteiger partial charge on any atom is -0.484 e. The SMILES string of the molecule is Cc1nc(-c2cc3ccccc3nc2N2CCN(C(=O)COc3ccccc3)CC2)no1. The van der Waals surface area contributed by atoms with Gasteiger partial charge in [-0.2, -0.15) is 4.98 Å². The molecule has 0 unspecified atom stereocenters. The Morgan fingerprint density at radius 2 is 1.75 bits per heavy atom. The van der Waals surface area contributed by atoms with Gasteiger partial charge < -0.3 is 19.1 Å². The maximum atomic E-state index is 12.6. The van der Waals surface area contributed by atoms with Gasteiger partial charge >= 0.3 is 0 Å². The summed E-state index contributed by atoms with van der Waals surface area (Å²) in [5, 5.41) is 5.13. The third-order valence-corrected chi connectivity index (χ3v) is 5.51. The zero-order valence-electron chi connectivity index (χ0n) is 17.8. The van der Waals surface area contributed by atoms with Gasteiger partial charge in [0.15, 0.2) is 6.61 Å². The van der Waals surface area contributed by atoms with Gasteiger partial charge in [-0.3, -0.25) is 4.79 Å². The quantitative estimate of drug-likeness (QED) is 0.481. The molecule has 8 heteroatoms. The van der Waals surface area contributed by atoms with Gasteiger partial charge in [-0.25, -0.2) is 4.98 Å². The van der Waals surface area contributed by atoms with Crippen LogP contribution in [-0.4, -0.2) is 58.7 Å². The monoisotopic (exact) mass is 429 g/mol. The number of benzene rings is 2. The van der Waals surface area contributed by atoms with Crippen LogP contribution in [-0.2, 0) is 4.79 Å². The molecule has 4 aromatic rings. The molecule has 0 radical (unpaired) electrons. The van der Waals surface area contributed by atoms with Crippen LogP contribution in [0.5, 0.6) is 5.75 Å². The number of hydrogen-bond acceptors (Lipinski definition) is 7. The number of carbonyl (C=O) groups is 1. The van der Waals surface area contributed by atoms with Crippen LogP contribution >= 0.6 is 0 Å². The lowest BCUT2D eigenvalue weighted by Crippen LogP contribution is -2.50. The fraction of sp³-hybridized carbons (Fsp3) is 0.250. The first kappa shape index (κ1) is 20.0. The Hall–Kier alpha value is -3.94. The summed E-state index contributed by atoms with van der Waals surface area (Å²) < 4.78 is 10.8. The van der Waals surface area contributed by atoms with Gasteiger partial charge in [0, 0.05) is 38.5 Å². The molecule has 0 N–H and O–H groups in total. The van der Waals surface area contributed by atoms with Gasteiger partial charge in [0.2, 0.25) is 11.7 Å². The first-order chi connectivity index (χ1) is 15.7. The van der Waals surface area contributed by atoms with Crippen LogP contribution in [0.1, 0.15) is 5.89 Å². The van der Waals surface area contributed by atoms with Gasteiger partial charge in [0.1, 0.15) is 11.6 Å². The molecule has 0 spiro atoms. The Balaban J connectivity index is 1.32. The Bertz CT molecular complexity index is 1230. The van der Waals surface area contributed by atoms with E-state index >= 15 is 0 Å². The number of carbonyl (C=O) groups excluding carboxylic acids is 1. The molecule has 1 amide bonds. The van der Waals surface area contributed by atoms with Gasteiger partial charge in [0.25, 0.3) is 5.91 Å². The van der Waals surface area contributed by atoms with Crippen molar-refractivity contribution in [3.63, 3.8) is 0 Å². The number of para-hydroxylation sites is 2. The van der Waals surface area contributed by atoms with Crippen molar-refractivity contribution < 1.29 is 14.1 Å². The van der Waals surface area contributed by atoms with E-state index in [-0.39, 0.29) is 12.5 Å². The van der Waals surface area contributed by atoms with Crippen LogP contribution in [0.4, 0.5) is 5.82 Å². The van der Waals surface area contributed by atoms with Gasteiger partial charge in [-0.1, -0.05) is 41.6 Å². The second-order valence-electron chi connectivity index (χ2n) is 7.66. The minimum absolute atomic E-state index is 0.0195. The Morgan fingerprint density at radius 3 is 2.50 bits per heavy atom. The maximum absolute atomic E-state index is 12.6. The van der Waals surface area contributed by atoms with E-state index in [0.717, 1.165) is 22.3 Å². The standard InChI is InChI=1S/C24H23N5O3/c1-17-25-23(27-32-17)20-15-18-7-5-6-10-21(18)26-24(20)29-13-11-28(12-14-29)22(30)16-31-19-8-3-2-4-9-19/h2-10,15H,11-14,16H2,1H3. The smallest absolute Gasteiger partial charge is 0.260 e. The largest absolute Gasteiger partial charge is 0.484 e. The number of ether oxygens (including phenoxy) is 1. The number of amides is 1. The van der Waals surface area contributed by atoms with E-state index in [1.807, 2.05) is 65.6 Å². The summed E-state index contributed by atoms with van der Waals surface area (Å²) in [4.78, 5) is 25.9. The number of piperazine rings is 1. The molecule has 0 atom stereocenters. The zero-order chi connectivity index (χ0) is 21.9. The van der Waals surface area contributed by atoms with Crippen molar-refractivity contribution in [3.8, 4) is 17.1 Å². The van der Waals surface area contributed by atoms with Gasteiger partial charge in [0.05, 0.1) is 11.1 Å². The number of nitrogens with zero attached hydrogens (tertiary/aromatic N) is 5. The highest BCUT2D eigenvalue weighted by Gasteiger charge is 2.25. The van der Waals surface area contributed by atoms with Crippen LogP contribution in [0, 0.1) is 6.92 Å². The van der Waals surface area contributed by atoms with E-state index in [0.29, 0.717) is 43.6 Å². The molecule has 1 saturated heterocycles. The van der Waals surface area contributed by atoms with Crippen molar-refractivity contribution in [3.05, 3.63) is 66.6 Å². The fourth-order valence-corrected chi connectivity index (χ4v) is 3.84. The number of fused-ring (bicyclic) bond motifs is 1. The molecule has 5 rings (SSSR count). The summed E-state index contributed by atoms with van der Waals surface area (Å²) in [6, 6.07) is 19.4. The van der Waals surface area contributed by atoms with Gasteiger partial charge in [-0.15, -0.1) is 0 Å². The summed E-state index contributed by atoms with van der Waals surface area (Å²) >= 11 is 0. The summed E-state index contributed by atoms with van der Waals surface area (Å²) in [5.41, 5.74) is 1.73. The summed E-state index contributed by atoms with van der Waals surface area (Å²) in [5.74, 6) is 2.50. The first-order valence-corrected chi connectivity index (χ1v) is 10.6. The average molecular weight is 429 g/mol. The highest BCUT2D eigenvalue weighted by Crippen LogP contribution is 2.31. The van der Waals surface area contributed by atoms with E-state index in [1.165, 1.54) is 0 Å². The zero-order valence-corrected chi connectivity index (χ0v) is 17.8. The van der Waals surface area contributed by atoms with Gasteiger partial charge in [-0.05, 0) is 24.3 Å². The van der Waals surface area contributed by atoms with Crippen molar-refractivity contribution in [2.75, 3.05) is 37.7 Å². The summed E-state index contributed by atoms with van der Waals surface area (Å²) in [6.45, 7) is 4.31. The molecular weight excluding hydrogens is 406 g/mol. The molecule has 32 heavy (non-hydrogen) atoms. The number of aryl methyl sites for hydroxylation is 1. The normalized spacial score (nSPS) is 14.0. The average Bonchev–Trinajstić information content (AvgIpc) is 3.28. The van der Waals surface area contributed by atoms with E-state index < -0.39 is 0 Å². The first-order valence-electron chi connectivity index (χ1n) is 10.6. The number of anilines is 1. The second-order valence-corrected chi connectivity index (χ2v) is 7.66. The van der Waals surface area contributed by atoms with Crippen LogP contribution in [0.25, 0.3) is 22.3 Å². The Kier molecular flexibility index (Phi) is 5.41. The second kappa shape index (κ2) is 8.66. The van der Waals surface area contributed by atoms with Crippen molar-refractivity contribution in [2.24, 2.45) is 0 Å². The highest BCUT2D eigenvalue weighted by atomic mass is 16.5. The van der Waals surface area contributed by atoms with Crippen LogP contribution in [0.2, 0.25) is 0 Å². The molecular formula is C24H23N5O3. The number of hydrogen-bond donors (Lipinski definition) is 0. The van der Waals surface area contributed by atoms with E-state index in [1.54, 1.807) is 6.92 Å². The predicted molar refractivity (Wildman–Crippen MR) is 121 cm³/mol. The lowest BCUT2D eigenvalue weighted by atomic mass is 10.1. The molecule has 3 heterocycles. The summed E-state index contributed by atoms with van der Waals surface area (Å²) in [7, 11) is 0. The predicted octanol–water partition coefficient (Wildman–Crippen LogP) is 3.32. The lowest BCUT2D eigenvalue weighted by molar-refractivity contribution is -0.133. The molecule has 2 aromatic heterocycles.